The minimum atomic E-state index is 0.722. The maximum absolute atomic E-state index is 6.67. The molecule has 0 aliphatic carbocycles. The van der Waals surface area contributed by atoms with Crippen molar-refractivity contribution in [3.8, 4) is 11.5 Å². The molecular weight excluding hydrogens is 735 g/mol. The van der Waals surface area contributed by atoms with Crippen LogP contribution in [0.5, 0.6) is 11.5 Å². The average molecular weight is 769 g/mol. The van der Waals surface area contributed by atoms with E-state index in [9.17, 15) is 0 Å². The Morgan fingerprint density at radius 2 is 0.980 bits per heavy atom. The summed E-state index contributed by atoms with van der Waals surface area (Å²) in [5.74, 6) is 1.57. The predicted octanol–water partition coefficient (Wildman–Crippen LogP) is 7.09. The van der Waals surface area contributed by atoms with Gasteiger partial charge in [-0.05, 0) is 149 Å². The molecule has 5 heterocycles. The molecule has 246 valence electrons. The van der Waals surface area contributed by atoms with E-state index in [1.54, 1.807) is 14.2 Å². The first-order valence-electron chi connectivity index (χ1n) is 16.3. The van der Waals surface area contributed by atoms with E-state index < -0.39 is 0 Å². The molecule has 50 heavy (non-hydrogen) atoms. The van der Waals surface area contributed by atoms with Crippen LogP contribution in [-0.4, -0.2) is 24.9 Å². The number of H-pyrrole nitrogens is 1. The van der Waals surface area contributed by atoms with Crippen molar-refractivity contribution in [3.63, 3.8) is 0 Å². The second kappa shape index (κ2) is 13.1. The smallest absolute Gasteiger partial charge is 0.137 e. The van der Waals surface area contributed by atoms with Gasteiger partial charge in [0.15, 0.2) is 0 Å². The molecule has 0 radical (unpaired) electrons. The Balaban J connectivity index is 1.48. The number of ether oxygens (including phenoxy) is 2. The zero-order valence-electron chi connectivity index (χ0n) is 28.0. The highest BCUT2D eigenvalue weighted by Crippen LogP contribution is 2.34. The Bertz CT molecular complexity index is 2610. The molecule has 0 amide bonds. The highest BCUT2D eigenvalue weighted by Gasteiger charge is 2.21. The highest BCUT2D eigenvalue weighted by atomic mass is 127. The van der Waals surface area contributed by atoms with Crippen LogP contribution in [-0.2, 0) is 0 Å². The number of aliphatic imine (C=N–C) groups is 1. The van der Waals surface area contributed by atoms with Crippen molar-refractivity contribution in [2.75, 3.05) is 14.2 Å². The van der Waals surface area contributed by atoms with Crippen LogP contribution in [0.15, 0.2) is 141 Å². The zero-order valence-corrected chi connectivity index (χ0v) is 30.2. The summed E-state index contributed by atoms with van der Waals surface area (Å²) in [6.45, 7) is 4.13. The first-order valence-corrected chi connectivity index (χ1v) is 17.4. The third-order valence-corrected chi connectivity index (χ3v) is 9.99. The largest absolute Gasteiger partial charge is 0.497 e. The van der Waals surface area contributed by atoms with Crippen molar-refractivity contribution in [2.24, 2.45) is 4.99 Å². The van der Waals surface area contributed by atoms with Gasteiger partial charge in [-0.3, -0.25) is 0 Å². The zero-order chi connectivity index (χ0) is 34.4. The van der Waals surface area contributed by atoms with E-state index in [2.05, 4.69) is 102 Å². The molecule has 3 aromatic carbocycles. The number of rotatable bonds is 5. The van der Waals surface area contributed by atoms with E-state index in [1.165, 1.54) is 0 Å². The SMILES string of the molecule is COc1ccc(/C2=c3\cc/c(o3)=C(C)/C(C)=c3/cc/c(o3)=C(\c3ccc(OC)cc3)c3ccc([nH]3)/C(c3ccc(I)cc3)=C3/C=CC2=N3)cc1. The number of fused-ring (bicyclic) bond motifs is 7. The number of hydrogen-bond donors (Lipinski definition) is 1. The van der Waals surface area contributed by atoms with Crippen LogP contribution >= 0.6 is 22.6 Å². The maximum Gasteiger partial charge on any atom is 0.137 e. The van der Waals surface area contributed by atoms with Crippen molar-refractivity contribution in [2.45, 2.75) is 13.8 Å². The summed E-state index contributed by atoms with van der Waals surface area (Å²) in [5, 5.41) is 0. The molecule has 2 aliphatic heterocycles. The molecule has 0 unspecified atom stereocenters. The van der Waals surface area contributed by atoms with E-state index in [1.807, 2.05) is 60.7 Å². The van der Waals surface area contributed by atoms with Crippen molar-refractivity contribution in [3.05, 3.63) is 180 Å². The molecular formula is C43H33IN2O4. The highest BCUT2D eigenvalue weighted by molar-refractivity contribution is 14.1. The second-order valence-corrected chi connectivity index (χ2v) is 13.4. The lowest BCUT2D eigenvalue weighted by molar-refractivity contribution is 0.414. The molecule has 7 heteroatoms. The van der Waals surface area contributed by atoms with E-state index in [-0.39, 0.29) is 0 Å². The summed E-state index contributed by atoms with van der Waals surface area (Å²) in [7, 11) is 3.35. The lowest BCUT2D eigenvalue weighted by atomic mass is 10.0. The van der Waals surface area contributed by atoms with Gasteiger partial charge in [-0.1, -0.05) is 36.4 Å². The van der Waals surface area contributed by atoms with E-state index in [4.69, 9.17) is 23.3 Å². The summed E-state index contributed by atoms with van der Waals surface area (Å²) >= 11 is 2.34. The van der Waals surface area contributed by atoms with Crippen LogP contribution in [0.2, 0.25) is 0 Å². The monoisotopic (exact) mass is 768 g/mol. The van der Waals surface area contributed by atoms with Crippen molar-refractivity contribution in [1.29, 1.82) is 0 Å². The van der Waals surface area contributed by atoms with Crippen LogP contribution in [0.4, 0.5) is 0 Å². The fourth-order valence-electron chi connectivity index (χ4n) is 6.46. The average Bonchev–Trinajstić information content (AvgIpc) is 3.99. The topological polar surface area (TPSA) is 72.9 Å². The van der Waals surface area contributed by atoms with Gasteiger partial charge in [0.05, 0.1) is 36.9 Å². The number of halogens is 1. The molecule has 0 atom stereocenters. The number of aromatic amines is 1. The normalized spacial score (nSPS) is 20.1. The second-order valence-electron chi connectivity index (χ2n) is 12.2. The summed E-state index contributed by atoms with van der Waals surface area (Å²) in [4.78, 5) is 9.07. The van der Waals surface area contributed by atoms with Crippen molar-refractivity contribution < 1.29 is 18.3 Å². The van der Waals surface area contributed by atoms with Crippen molar-refractivity contribution >= 4 is 56.2 Å². The molecule has 0 fully saturated rings. The van der Waals surface area contributed by atoms with Gasteiger partial charge in [-0.2, -0.15) is 0 Å². The Hall–Kier alpha value is -5.54. The molecule has 6 aromatic rings. The number of nitrogens with one attached hydrogen (secondary N) is 1. The Labute approximate surface area is 302 Å². The Kier molecular flexibility index (Phi) is 8.28. The summed E-state index contributed by atoms with van der Waals surface area (Å²) in [6, 6.07) is 36.9. The molecule has 0 saturated carbocycles. The number of benzene rings is 3. The van der Waals surface area contributed by atoms with E-state index in [0.717, 1.165) is 104 Å². The summed E-state index contributed by atoms with van der Waals surface area (Å²) in [5.41, 5.74) is 14.3. The van der Waals surface area contributed by atoms with Gasteiger partial charge in [-0.25, -0.2) is 4.99 Å². The van der Waals surface area contributed by atoms with Crippen LogP contribution in [0.3, 0.4) is 0 Å². The number of allylic oxidation sites excluding steroid dienone is 2. The van der Waals surface area contributed by atoms with Gasteiger partial charge in [-0.15, -0.1) is 0 Å². The standard InChI is InChI=1S/C43H33IN2O4/c1-25-26(2)38-22-24-40(50-38)43(29-9-15-32(48-4)16-10-29)36-20-18-34(46-36)41(27-5-11-30(44)12-6-27)33-17-19-35(45-33)42(39-23-21-37(25)49-39)28-7-13-31(47-3)14-8-28/h5-24,45H,1-4H3/b26-25?,37-25-,38-26-,41-33?,41-34-,42-35?,42-39-,43-36?,43-40-. The quantitative estimate of drug-likeness (QED) is 0.190. The number of aromatic nitrogens is 1. The van der Waals surface area contributed by atoms with Gasteiger partial charge < -0.3 is 23.3 Å². The molecule has 3 aromatic heterocycles. The molecule has 0 saturated heterocycles. The van der Waals surface area contributed by atoms with Gasteiger partial charge >= 0.3 is 0 Å². The van der Waals surface area contributed by atoms with Crippen LogP contribution < -0.4 is 31.1 Å². The van der Waals surface area contributed by atoms with Crippen LogP contribution in [0, 0.1) is 3.57 Å². The van der Waals surface area contributed by atoms with Gasteiger partial charge in [0, 0.05) is 20.4 Å². The van der Waals surface area contributed by atoms with Gasteiger partial charge in [0.1, 0.15) is 33.2 Å². The van der Waals surface area contributed by atoms with E-state index in [0.29, 0.717) is 0 Å². The molecule has 6 nitrogen and oxygen atoms in total. The number of nitrogens with zero attached hydrogens (tertiary/aromatic N) is 1. The third kappa shape index (κ3) is 5.77. The maximum atomic E-state index is 6.67. The fraction of sp³-hybridized carbons (Fsp3) is 0.0930. The minimum absolute atomic E-state index is 0.722. The lowest BCUT2D eigenvalue weighted by Gasteiger charge is -2.11. The number of furan rings is 2. The van der Waals surface area contributed by atoms with Gasteiger partial charge in [0.2, 0.25) is 0 Å². The number of methoxy groups -OCH3 is 2. The third-order valence-electron chi connectivity index (χ3n) is 9.27. The summed E-state index contributed by atoms with van der Waals surface area (Å²) in [6.07, 6.45) is 4.16. The minimum Gasteiger partial charge on any atom is -0.497 e. The first kappa shape index (κ1) is 31.7. The van der Waals surface area contributed by atoms with Crippen LogP contribution in [0.1, 0.15) is 41.9 Å². The molecule has 8 rings (SSSR count). The fourth-order valence-corrected chi connectivity index (χ4v) is 6.82. The summed E-state index contributed by atoms with van der Waals surface area (Å²) < 4.78 is 25.4. The first-order chi connectivity index (χ1) is 24.4. The van der Waals surface area contributed by atoms with E-state index >= 15 is 0 Å². The number of hydrogen-bond acceptors (Lipinski definition) is 5. The van der Waals surface area contributed by atoms with Crippen LogP contribution in [0.25, 0.3) is 27.9 Å². The predicted molar refractivity (Wildman–Crippen MR) is 207 cm³/mol. The molecule has 8 bridgehead atoms. The molecule has 2 aliphatic rings. The lowest BCUT2D eigenvalue weighted by Crippen LogP contribution is -2.14. The van der Waals surface area contributed by atoms with Gasteiger partial charge in [0.25, 0.3) is 0 Å². The Morgan fingerprint density at radius 1 is 0.520 bits per heavy atom. The molecule has 1 N–H and O–H groups in total. The Morgan fingerprint density at radius 3 is 1.54 bits per heavy atom. The van der Waals surface area contributed by atoms with Crippen molar-refractivity contribution in [1.82, 2.24) is 4.98 Å². The molecule has 0 spiro atoms.